The van der Waals surface area contributed by atoms with Crippen LogP contribution in [0.15, 0.2) is 53.6 Å². The number of nitrogens with zero attached hydrogens (tertiary/aromatic N) is 1. The van der Waals surface area contributed by atoms with Gasteiger partial charge >= 0.3 is 0 Å². The minimum Gasteiger partial charge on any atom is -0.321 e. The molecule has 0 aliphatic heterocycles. The number of sulfone groups is 1. The van der Waals surface area contributed by atoms with Crippen LogP contribution in [0.4, 0.5) is 5.69 Å². The zero-order valence-corrected chi connectivity index (χ0v) is 12.6. The molecule has 0 saturated heterocycles. The highest BCUT2D eigenvalue weighted by Crippen LogP contribution is 2.18. The van der Waals surface area contributed by atoms with Gasteiger partial charge in [0.15, 0.2) is 9.84 Å². The lowest BCUT2D eigenvalue weighted by atomic mass is 10.3. The number of rotatable bonds is 4. The zero-order chi connectivity index (χ0) is 15.5. The van der Waals surface area contributed by atoms with Crippen LogP contribution in [0.5, 0.6) is 0 Å². The molecular formula is C15H16N2O3S. The van der Waals surface area contributed by atoms with Crippen molar-refractivity contribution >= 4 is 21.4 Å². The molecule has 6 heteroatoms. The van der Waals surface area contributed by atoms with E-state index < -0.39 is 15.1 Å². The van der Waals surface area contributed by atoms with E-state index in [2.05, 4.69) is 10.3 Å². The number of carbonyl (C=O) groups excluding carboxylic acids is 1. The van der Waals surface area contributed by atoms with E-state index in [0.29, 0.717) is 11.4 Å². The first-order valence-corrected chi connectivity index (χ1v) is 8.02. The van der Waals surface area contributed by atoms with Gasteiger partial charge in [0.25, 0.3) is 5.91 Å². The molecule has 0 aliphatic carbocycles. The van der Waals surface area contributed by atoms with Gasteiger partial charge in [0.1, 0.15) is 5.69 Å². The third-order valence-electron chi connectivity index (χ3n) is 2.96. The van der Waals surface area contributed by atoms with Gasteiger partial charge in [0.05, 0.1) is 10.1 Å². The average Bonchev–Trinajstić information content (AvgIpc) is 2.48. The van der Waals surface area contributed by atoms with Crippen LogP contribution in [0.25, 0.3) is 0 Å². The molecular weight excluding hydrogens is 288 g/mol. The van der Waals surface area contributed by atoms with Gasteiger partial charge in [-0.3, -0.25) is 9.78 Å². The second-order valence-corrected chi connectivity index (χ2v) is 7.29. The molecule has 0 bridgehead atoms. The summed E-state index contributed by atoms with van der Waals surface area (Å²) in [6.45, 7) is 3.26. The first kappa shape index (κ1) is 15.2. The summed E-state index contributed by atoms with van der Waals surface area (Å²) in [6, 6.07) is 11.2. The Balaban J connectivity index is 2.16. The Kier molecular flexibility index (Phi) is 4.37. The number of aromatic nitrogens is 1. The minimum absolute atomic E-state index is 0.244. The molecule has 110 valence electrons. The fourth-order valence-corrected chi connectivity index (χ4v) is 2.75. The van der Waals surface area contributed by atoms with Gasteiger partial charge in [-0.1, -0.05) is 6.07 Å². The van der Waals surface area contributed by atoms with Gasteiger partial charge in [0.2, 0.25) is 0 Å². The summed E-state index contributed by atoms with van der Waals surface area (Å²) >= 11 is 0. The van der Waals surface area contributed by atoms with Crippen LogP contribution in [0, 0.1) is 0 Å². The van der Waals surface area contributed by atoms with Crippen LogP contribution in [0.1, 0.15) is 24.3 Å². The number of nitrogens with one attached hydrogen (secondary N) is 1. The molecule has 0 aliphatic rings. The van der Waals surface area contributed by atoms with E-state index in [1.165, 1.54) is 18.3 Å². The molecule has 5 nitrogen and oxygen atoms in total. The third kappa shape index (κ3) is 3.46. The van der Waals surface area contributed by atoms with Crippen LogP contribution in [-0.4, -0.2) is 24.6 Å². The fraction of sp³-hybridized carbons (Fsp3) is 0.200. The van der Waals surface area contributed by atoms with E-state index in [1.54, 1.807) is 44.2 Å². The summed E-state index contributed by atoms with van der Waals surface area (Å²) in [6.07, 6.45) is 1.53. The molecule has 1 amide bonds. The van der Waals surface area contributed by atoms with Crippen molar-refractivity contribution in [3.63, 3.8) is 0 Å². The van der Waals surface area contributed by atoms with Gasteiger partial charge < -0.3 is 5.32 Å². The summed E-state index contributed by atoms with van der Waals surface area (Å²) in [7, 11) is -3.30. The molecule has 0 fully saturated rings. The standard InChI is InChI=1S/C15H16N2O3S/c1-11(2)21(19,20)13-8-6-12(7-9-13)17-15(18)14-5-3-4-10-16-14/h3-11H,1-2H3,(H,17,18). The number of anilines is 1. The number of carbonyl (C=O) groups is 1. The highest BCUT2D eigenvalue weighted by atomic mass is 32.2. The Hall–Kier alpha value is -2.21. The molecule has 0 atom stereocenters. The summed E-state index contributed by atoms with van der Waals surface area (Å²) in [5, 5.41) is 2.19. The molecule has 1 aromatic carbocycles. The lowest BCUT2D eigenvalue weighted by Crippen LogP contribution is -2.15. The predicted molar refractivity (Wildman–Crippen MR) is 81.0 cm³/mol. The van der Waals surface area contributed by atoms with Crippen molar-refractivity contribution in [3.8, 4) is 0 Å². The van der Waals surface area contributed by atoms with Crippen LogP contribution >= 0.6 is 0 Å². The Morgan fingerprint density at radius 1 is 1.10 bits per heavy atom. The Morgan fingerprint density at radius 3 is 2.29 bits per heavy atom. The van der Waals surface area contributed by atoms with Crippen molar-refractivity contribution < 1.29 is 13.2 Å². The number of benzene rings is 1. The summed E-state index contributed by atoms with van der Waals surface area (Å²) in [5.41, 5.74) is 0.824. The number of hydrogen-bond acceptors (Lipinski definition) is 4. The fourth-order valence-electron chi connectivity index (χ4n) is 1.69. The maximum absolute atomic E-state index is 12.0. The van der Waals surface area contributed by atoms with E-state index in [9.17, 15) is 13.2 Å². The molecule has 0 unspecified atom stereocenters. The molecule has 1 N–H and O–H groups in total. The van der Waals surface area contributed by atoms with E-state index in [-0.39, 0.29) is 10.8 Å². The van der Waals surface area contributed by atoms with Gasteiger partial charge in [0, 0.05) is 11.9 Å². The normalized spacial score (nSPS) is 11.4. The SMILES string of the molecule is CC(C)S(=O)(=O)c1ccc(NC(=O)c2ccccn2)cc1. The summed E-state index contributed by atoms with van der Waals surface area (Å²) in [4.78, 5) is 16.1. The zero-order valence-electron chi connectivity index (χ0n) is 11.8. The number of amides is 1. The van der Waals surface area contributed by atoms with Crippen LogP contribution in [0.2, 0.25) is 0 Å². The molecule has 0 saturated carbocycles. The van der Waals surface area contributed by atoms with Crippen molar-refractivity contribution in [2.75, 3.05) is 5.32 Å². The highest BCUT2D eigenvalue weighted by Gasteiger charge is 2.18. The Labute approximate surface area is 124 Å². The molecule has 1 aromatic heterocycles. The number of hydrogen-bond donors (Lipinski definition) is 1. The van der Waals surface area contributed by atoms with E-state index in [1.807, 2.05) is 0 Å². The third-order valence-corrected chi connectivity index (χ3v) is 5.13. The molecule has 2 aromatic rings. The monoisotopic (exact) mass is 304 g/mol. The maximum Gasteiger partial charge on any atom is 0.274 e. The number of pyridine rings is 1. The highest BCUT2D eigenvalue weighted by molar-refractivity contribution is 7.92. The van der Waals surface area contributed by atoms with Crippen molar-refractivity contribution in [3.05, 3.63) is 54.4 Å². The van der Waals surface area contributed by atoms with Crippen molar-refractivity contribution in [1.82, 2.24) is 4.98 Å². The Morgan fingerprint density at radius 2 is 1.76 bits per heavy atom. The summed E-state index contributed by atoms with van der Waals surface area (Å²) in [5.74, 6) is -0.338. The Bertz CT molecular complexity index is 723. The molecule has 0 radical (unpaired) electrons. The van der Waals surface area contributed by atoms with E-state index >= 15 is 0 Å². The van der Waals surface area contributed by atoms with Gasteiger partial charge in [-0.05, 0) is 50.2 Å². The quantitative estimate of drug-likeness (QED) is 0.941. The molecule has 21 heavy (non-hydrogen) atoms. The van der Waals surface area contributed by atoms with Gasteiger partial charge in [-0.25, -0.2) is 8.42 Å². The second kappa shape index (κ2) is 6.05. The van der Waals surface area contributed by atoms with E-state index in [4.69, 9.17) is 0 Å². The second-order valence-electron chi connectivity index (χ2n) is 4.79. The van der Waals surface area contributed by atoms with Gasteiger partial charge in [-0.2, -0.15) is 0 Å². The first-order valence-electron chi connectivity index (χ1n) is 6.47. The topological polar surface area (TPSA) is 76.1 Å². The lowest BCUT2D eigenvalue weighted by Gasteiger charge is -2.09. The van der Waals surface area contributed by atoms with Gasteiger partial charge in [-0.15, -0.1) is 0 Å². The van der Waals surface area contributed by atoms with Crippen LogP contribution < -0.4 is 5.32 Å². The minimum atomic E-state index is -3.30. The van der Waals surface area contributed by atoms with Crippen LogP contribution in [-0.2, 0) is 9.84 Å². The predicted octanol–water partition coefficient (Wildman–Crippen LogP) is 2.52. The van der Waals surface area contributed by atoms with Crippen molar-refractivity contribution in [2.24, 2.45) is 0 Å². The molecule has 2 rings (SSSR count). The van der Waals surface area contributed by atoms with Crippen molar-refractivity contribution in [1.29, 1.82) is 0 Å². The lowest BCUT2D eigenvalue weighted by molar-refractivity contribution is 0.102. The van der Waals surface area contributed by atoms with Crippen LogP contribution in [0.3, 0.4) is 0 Å². The molecule has 1 heterocycles. The first-order chi connectivity index (χ1) is 9.91. The maximum atomic E-state index is 12.0. The summed E-state index contributed by atoms with van der Waals surface area (Å²) < 4.78 is 24.0. The van der Waals surface area contributed by atoms with E-state index in [0.717, 1.165) is 0 Å². The smallest absolute Gasteiger partial charge is 0.274 e. The average molecular weight is 304 g/mol. The molecule has 0 spiro atoms. The largest absolute Gasteiger partial charge is 0.321 e. The van der Waals surface area contributed by atoms with Crippen molar-refractivity contribution in [2.45, 2.75) is 24.0 Å².